The van der Waals surface area contributed by atoms with Gasteiger partial charge in [0.25, 0.3) is 0 Å². The van der Waals surface area contributed by atoms with E-state index in [1.54, 1.807) is 41.4 Å². The topological polar surface area (TPSA) is 93.7 Å². The van der Waals surface area contributed by atoms with Crippen molar-refractivity contribution in [1.82, 2.24) is 20.4 Å². The first-order valence-electron chi connectivity index (χ1n) is 11.3. The molecule has 1 aliphatic heterocycles. The summed E-state index contributed by atoms with van der Waals surface area (Å²) in [4.78, 5) is 26.2. The summed E-state index contributed by atoms with van der Waals surface area (Å²) in [5, 5.41) is 13.3. The molecule has 4 rings (SSSR count). The van der Waals surface area contributed by atoms with E-state index in [-0.39, 0.29) is 18.7 Å². The highest BCUT2D eigenvalue weighted by atomic mass is 32.1. The minimum Gasteiger partial charge on any atom is -0.462 e. The zero-order valence-electron chi connectivity index (χ0n) is 19.7. The maximum atomic E-state index is 12.3. The Bertz CT molecular complexity index is 1180. The molecule has 1 atom stereocenters. The quantitative estimate of drug-likeness (QED) is 0.445. The second-order valence-electron chi connectivity index (χ2n) is 8.50. The molecule has 2 amide bonds. The predicted octanol–water partition coefficient (Wildman–Crippen LogP) is 5.21. The summed E-state index contributed by atoms with van der Waals surface area (Å²) in [6.07, 6.45) is 0. The molecule has 1 aromatic heterocycles. The van der Waals surface area contributed by atoms with Crippen LogP contribution in [0, 0.1) is 0 Å². The van der Waals surface area contributed by atoms with Crippen molar-refractivity contribution in [1.29, 1.82) is 0 Å². The molecule has 1 aliphatic rings. The van der Waals surface area contributed by atoms with Gasteiger partial charge in [-0.05, 0) is 50.2 Å². The van der Waals surface area contributed by atoms with Crippen LogP contribution >= 0.6 is 11.3 Å². The number of hydrogen-bond donors (Lipinski definition) is 1. The second kappa shape index (κ2) is 10.2. The zero-order chi connectivity index (χ0) is 24.2. The van der Waals surface area contributed by atoms with Gasteiger partial charge in [0.15, 0.2) is 0 Å². The lowest BCUT2D eigenvalue weighted by Crippen LogP contribution is -2.28. The lowest BCUT2D eigenvalue weighted by molar-refractivity contribution is 0.0526. The molecule has 1 saturated heterocycles. The van der Waals surface area contributed by atoms with Crippen LogP contribution < -0.4 is 10.1 Å². The molecule has 1 unspecified atom stereocenters. The highest BCUT2D eigenvalue weighted by Crippen LogP contribution is 2.32. The van der Waals surface area contributed by atoms with Crippen LogP contribution in [0.2, 0.25) is 0 Å². The average Bonchev–Trinajstić information content (AvgIpc) is 3.42. The number of carbonyl (C=O) groups is 2. The normalized spacial score (nSPS) is 15.5. The van der Waals surface area contributed by atoms with Crippen molar-refractivity contribution in [2.45, 2.75) is 46.2 Å². The number of carbonyl (C=O) groups excluding carboxylic acids is 2. The van der Waals surface area contributed by atoms with E-state index in [1.807, 2.05) is 31.2 Å². The second-order valence-corrected chi connectivity index (χ2v) is 9.51. The molecule has 2 heterocycles. The number of urea groups is 1. The van der Waals surface area contributed by atoms with Crippen molar-refractivity contribution in [3.8, 4) is 22.1 Å². The molecule has 1 fully saturated rings. The van der Waals surface area contributed by atoms with Gasteiger partial charge in [0.05, 0.1) is 18.7 Å². The molecule has 178 valence electrons. The Morgan fingerprint density at radius 2 is 1.97 bits per heavy atom. The van der Waals surface area contributed by atoms with Crippen LogP contribution in [0.1, 0.15) is 54.5 Å². The van der Waals surface area contributed by atoms with Crippen molar-refractivity contribution in [2.75, 3.05) is 13.2 Å². The van der Waals surface area contributed by atoms with E-state index in [1.165, 1.54) is 0 Å². The SMILES string of the molecule is CCOC(=O)c1ccc(CN2CC(C)NC2=O)c(Oc2ccc(-c3nnc(C(C)C)s3)cc2)c1. The van der Waals surface area contributed by atoms with Crippen molar-refractivity contribution in [3.05, 3.63) is 58.6 Å². The average molecular weight is 481 g/mol. The molecule has 3 aromatic rings. The summed E-state index contributed by atoms with van der Waals surface area (Å²) < 4.78 is 11.3. The third kappa shape index (κ3) is 5.36. The fraction of sp³-hybridized carbons (Fsp3) is 0.360. The molecule has 8 nitrogen and oxygen atoms in total. The molecule has 0 aliphatic carbocycles. The molecule has 0 radical (unpaired) electrons. The molecule has 9 heteroatoms. The number of esters is 1. The first-order chi connectivity index (χ1) is 16.3. The molecular formula is C25H28N4O4S. The monoisotopic (exact) mass is 480 g/mol. The smallest absolute Gasteiger partial charge is 0.338 e. The Labute approximate surface area is 202 Å². The highest BCUT2D eigenvalue weighted by molar-refractivity contribution is 7.14. The third-order valence-corrected chi connectivity index (χ3v) is 6.63. The Balaban J connectivity index is 1.58. The van der Waals surface area contributed by atoms with Gasteiger partial charge in [0.1, 0.15) is 21.5 Å². The number of aromatic nitrogens is 2. The van der Waals surface area contributed by atoms with Crippen LogP contribution in [0.5, 0.6) is 11.5 Å². The number of hydrogen-bond acceptors (Lipinski definition) is 7. The van der Waals surface area contributed by atoms with Gasteiger partial charge in [-0.3, -0.25) is 0 Å². The Hall–Kier alpha value is -3.46. The highest BCUT2D eigenvalue weighted by Gasteiger charge is 2.26. The summed E-state index contributed by atoms with van der Waals surface area (Å²) in [5.41, 5.74) is 2.15. The van der Waals surface area contributed by atoms with E-state index in [0.29, 0.717) is 36.1 Å². The van der Waals surface area contributed by atoms with E-state index < -0.39 is 5.97 Å². The van der Waals surface area contributed by atoms with Gasteiger partial charge in [-0.2, -0.15) is 0 Å². The van der Waals surface area contributed by atoms with Gasteiger partial charge in [0.2, 0.25) is 0 Å². The lowest BCUT2D eigenvalue weighted by Gasteiger charge is -2.18. The Kier molecular flexibility index (Phi) is 7.12. The fourth-order valence-electron chi connectivity index (χ4n) is 3.60. The molecule has 0 bridgehead atoms. The number of benzene rings is 2. The minimum absolute atomic E-state index is 0.0831. The Morgan fingerprint density at radius 1 is 1.21 bits per heavy atom. The van der Waals surface area contributed by atoms with Crippen LogP contribution in [0.4, 0.5) is 4.79 Å². The van der Waals surface area contributed by atoms with Crippen LogP contribution in [0.3, 0.4) is 0 Å². The largest absolute Gasteiger partial charge is 0.462 e. The van der Waals surface area contributed by atoms with Crippen molar-refractivity contribution in [2.24, 2.45) is 0 Å². The summed E-state index contributed by atoms with van der Waals surface area (Å²) in [5.74, 6) is 1.03. The molecular weight excluding hydrogens is 452 g/mol. The minimum atomic E-state index is -0.418. The van der Waals surface area contributed by atoms with Crippen molar-refractivity contribution >= 4 is 23.3 Å². The van der Waals surface area contributed by atoms with Gasteiger partial charge in [0, 0.05) is 29.6 Å². The van der Waals surface area contributed by atoms with E-state index in [4.69, 9.17) is 9.47 Å². The number of amides is 2. The third-order valence-electron chi connectivity index (χ3n) is 5.35. The summed E-state index contributed by atoms with van der Waals surface area (Å²) in [6, 6.07) is 12.7. The van der Waals surface area contributed by atoms with Gasteiger partial charge in [-0.15, -0.1) is 10.2 Å². The molecule has 0 saturated carbocycles. The Morgan fingerprint density at radius 3 is 2.59 bits per heavy atom. The van der Waals surface area contributed by atoms with Crippen molar-refractivity contribution < 1.29 is 19.1 Å². The molecule has 1 N–H and O–H groups in total. The molecule has 34 heavy (non-hydrogen) atoms. The van der Waals surface area contributed by atoms with Crippen LogP contribution in [-0.4, -0.2) is 46.3 Å². The predicted molar refractivity (Wildman–Crippen MR) is 130 cm³/mol. The first kappa shape index (κ1) is 23.7. The molecule has 2 aromatic carbocycles. The van der Waals surface area contributed by atoms with Crippen LogP contribution in [0.25, 0.3) is 10.6 Å². The summed E-state index contributed by atoms with van der Waals surface area (Å²) in [7, 11) is 0. The summed E-state index contributed by atoms with van der Waals surface area (Å²) in [6.45, 7) is 9.17. The van der Waals surface area contributed by atoms with E-state index >= 15 is 0 Å². The fourth-order valence-corrected chi connectivity index (χ4v) is 4.45. The number of nitrogens with one attached hydrogen (secondary N) is 1. The standard InChI is InChI=1S/C25H28N4O4S/c1-5-32-24(30)18-6-7-19(14-29-13-16(4)26-25(29)31)21(12-18)33-20-10-8-17(9-11-20)23-28-27-22(34-23)15(2)3/h6-12,15-16H,5,13-14H2,1-4H3,(H,26,31). The number of nitrogens with zero attached hydrogens (tertiary/aromatic N) is 3. The molecule has 0 spiro atoms. The lowest BCUT2D eigenvalue weighted by atomic mass is 10.1. The maximum Gasteiger partial charge on any atom is 0.338 e. The summed E-state index contributed by atoms with van der Waals surface area (Å²) >= 11 is 1.58. The van der Waals surface area contributed by atoms with Gasteiger partial charge < -0.3 is 19.7 Å². The maximum absolute atomic E-state index is 12.3. The van der Waals surface area contributed by atoms with Crippen molar-refractivity contribution in [3.63, 3.8) is 0 Å². The van der Waals surface area contributed by atoms with E-state index in [2.05, 4.69) is 29.4 Å². The van der Waals surface area contributed by atoms with Gasteiger partial charge in [-0.25, -0.2) is 9.59 Å². The zero-order valence-corrected chi connectivity index (χ0v) is 20.5. The van der Waals surface area contributed by atoms with Crippen LogP contribution in [0.15, 0.2) is 42.5 Å². The van der Waals surface area contributed by atoms with Crippen LogP contribution in [-0.2, 0) is 11.3 Å². The van der Waals surface area contributed by atoms with Gasteiger partial charge in [-0.1, -0.05) is 31.3 Å². The van der Waals surface area contributed by atoms with Gasteiger partial charge >= 0.3 is 12.0 Å². The van der Waals surface area contributed by atoms with E-state index in [9.17, 15) is 9.59 Å². The number of rotatable bonds is 8. The first-order valence-corrected chi connectivity index (χ1v) is 12.1. The van der Waals surface area contributed by atoms with E-state index in [0.717, 1.165) is 21.1 Å². The number of ether oxygens (including phenoxy) is 2.